The molecule has 25 heavy (non-hydrogen) atoms. The predicted molar refractivity (Wildman–Crippen MR) is 88.4 cm³/mol. The molecule has 0 unspecified atom stereocenters. The number of fused-ring (bicyclic) bond motifs is 1. The van der Waals surface area contributed by atoms with Crippen molar-refractivity contribution in [3.8, 4) is 0 Å². The van der Waals surface area contributed by atoms with Gasteiger partial charge in [-0.3, -0.25) is 10.1 Å². The number of aromatic nitrogens is 2. The van der Waals surface area contributed by atoms with Crippen LogP contribution in [0.25, 0.3) is 5.65 Å². The number of nitrogens with one attached hydrogen (secondary N) is 1. The van der Waals surface area contributed by atoms with Crippen LogP contribution in [0.3, 0.4) is 0 Å². The highest BCUT2D eigenvalue weighted by atomic mass is 16.6. The molecule has 0 aliphatic heterocycles. The summed E-state index contributed by atoms with van der Waals surface area (Å²) < 4.78 is 1.33. The molecule has 10 nitrogen and oxygen atoms in total. The molecule has 0 bridgehead atoms. The first kappa shape index (κ1) is 16.3. The van der Waals surface area contributed by atoms with Crippen molar-refractivity contribution >= 4 is 23.0 Å². The van der Waals surface area contributed by atoms with Crippen LogP contribution in [-0.2, 0) is 0 Å². The highest BCUT2D eigenvalue weighted by Crippen LogP contribution is 2.26. The fourth-order valence-electron chi connectivity index (χ4n) is 2.41. The van der Waals surface area contributed by atoms with E-state index in [1.54, 1.807) is 18.2 Å². The summed E-state index contributed by atoms with van der Waals surface area (Å²) in [5, 5.41) is 34.9. The normalized spacial score (nSPS) is 12.0. The van der Waals surface area contributed by atoms with Crippen molar-refractivity contribution in [2.45, 2.75) is 6.10 Å². The summed E-state index contributed by atoms with van der Waals surface area (Å²) in [7, 11) is 0. The standard InChI is InChI=1S/C15H13N5O5/c21-12(10-4-6-11(7-5-10)19(22)23)9-16-14-15(20(24)25)18-8-2-1-3-13(18)17-14/h1-8,12,16,21H,9H2/t12-/m0/s1. The molecule has 2 aromatic heterocycles. The van der Waals surface area contributed by atoms with Crippen molar-refractivity contribution in [2.24, 2.45) is 0 Å². The van der Waals surface area contributed by atoms with Gasteiger partial charge in [-0.15, -0.1) is 0 Å². The Hall–Kier alpha value is -3.53. The van der Waals surface area contributed by atoms with E-state index in [4.69, 9.17) is 0 Å². The molecule has 0 aliphatic rings. The minimum atomic E-state index is -1.01. The number of nitrogens with zero attached hydrogens (tertiary/aromatic N) is 4. The van der Waals surface area contributed by atoms with Crippen LogP contribution in [0.15, 0.2) is 48.7 Å². The van der Waals surface area contributed by atoms with E-state index in [2.05, 4.69) is 10.3 Å². The van der Waals surface area contributed by atoms with Gasteiger partial charge >= 0.3 is 5.82 Å². The van der Waals surface area contributed by atoms with Crippen LogP contribution in [0.5, 0.6) is 0 Å². The van der Waals surface area contributed by atoms with Gasteiger partial charge in [-0.1, -0.05) is 6.07 Å². The molecule has 0 fully saturated rings. The highest BCUT2D eigenvalue weighted by Gasteiger charge is 2.22. The Morgan fingerprint density at radius 2 is 1.84 bits per heavy atom. The lowest BCUT2D eigenvalue weighted by molar-refractivity contribution is -0.389. The fraction of sp³-hybridized carbons (Fsp3) is 0.133. The zero-order valence-corrected chi connectivity index (χ0v) is 12.8. The second kappa shape index (κ2) is 6.53. The Kier molecular flexibility index (Phi) is 4.27. The molecule has 2 N–H and O–H groups in total. The van der Waals surface area contributed by atoms with Gasteiger partial charge in [0.25, 0.3) is 5.69 Å². The zero-order chi connectivity index (χ0) is 18.0. The SMILES string of the molecule is O=[N+]([O-])c1ccc([C@@H](O)CNc2nc3ccccn3c2[N+](=O)[O-])cc1. The van der Waals surface area contributed by atoms with Crippen molar-refractivity contribution in [2.75, 3.05) is 11.9 Å². The molecule has 3 rings (SSSR count). The number of aliphatic hydroxyl groups excluding tert-OH is 1. The predicted octanol–water partition coefficient (Wildman–Crippen LogP) is 2.30. The summed E-state index contributed by atoms with van der Waals surface area (Å²) in [5.74, 6) is -0.191. The summed E-state index contributed by atoms with van der Waals surface area (Å²) in [5.41, 5.74) is 0.769. The van der Waals surface area contributed by atoms with E-state index < -0.39 is 16.0 Å². The van der Waals surface area contributed by atoms with Crippen LogP contribution in [0, 0.1) is 20.2 Å². The molecule has 10 heteroatoms. The van der Waals surface area contributed by atoms with Gasteiger partial charge in [0.15, 0.2) is 0 Å². The van der Waals surface area contributed by atoms with Crippen molar-refractivity contribution in [3.63, 3.8) is 0 Å². The highest BCUT2D eigenvalue weighted by molar-refractivity contribution is 5.62. The van der Waals surface area contributed by atoms with Gasteiger partial charge in [0.2, 0.25) is 11.5 Å². The van der Waals surface area contributed by atoms with Crippen molar-refractivity contribution in [1.82, 2.24) is 9.38 Å². The third-order valence-corrected chi connectivity index (χ3v) is 3.63. The van der Waals surface area contributed by atoms with Crippen molar-refractivity contribution in [3.05, 3.63) is 74.5 Å². The molecule has 2 heterocycles. The van der Waals surface area contributed by atoms with Gasteiger partial charge in [0, 0.05) is 24.7 Å². The molecule has 0 aliphatic carbocycles. The molecule has 1 atom stereocenters. The topological polar surface area (TPSA) is 136 Å². The Morgan fingerprint density at radius 3 is 2.48 bits per heavy atom. The lowest BCUT2D eigenvalue weighted by Gasteiger charge is -2.11. The molecule has 0 spiro atoms. The minimum absolute atomic E-state index is 0.0390. The maximum atomic E-state index is 11.3. The zero-order valence-electron chi connectivity index (χ0n) is 12.8. The number of anilines is 1. The van der Waals surface area contributed by atoms with E-state index in [9.17, 15) is 25.3 Å². The Morgan fingerprint density at radius 1 is 1.12 bits per heavy atom. The monoisotopic (exact) mass is 343 g/mol. The van der Waals surface area contributed by atoms with Crippen LogP contribution >= 0.6 is 0 Å². The lowest BCUT2D eigenvalue weighted by atomic mass is 10.1. The number of nitro benzene ring substituents is 1. The summed E-state index contributed by atoms with van der Waals surface area (Å²) in [6, 6.07) is 10.4. The molecule has 0 saturated heterocycles. The average molecular weight is 343 g/mol. The summed E-state index contributed by atoms with van der Waals surface area (Å²) in [4.78, 5) is 25.0. The van der Waals surface area contributed by atoms with E-state index in [0.717, 1.165) is 0 Å². The molecular weight excluding hydrogens is 330 g/mol. The van der Waals surface area contributed by atoms with Crippen LogP contribution in [-0.4, -0.2) is 30.9 Å². The van der Waals surface area contributed by atoms with E-state index >= 15 is 0 Å². The summed E-state index contributed by atoms with van der Waals surface area (Å²) >= 11 is 0. The van der Waals surface area contributed by atoms with Crippen LogP contribution in [0.2, 0.25) is 0 Å². The van der Waals surface area contributed by atoms with Gasteiger partial charge in [-0.2, -0.15) is 9.38 Å². The smallest absolute Gasteiger partial charge is 0.372 e. The maximum Gasteiger partial charge on any atom is 0.372 e. The third-order valence-electron chi connectivity index (χ3n) is 3.63. The Labute approximate surface area is 140 Å². The summed E-state index contributed by atoms with van der Waals surface area (Å²) in [6.45, 7) is -0.0392. The first-order valence-electron chi connectivity index (χ1n) is 7.25. The molecule has 0 saturated carbocycles. The molecule has 0 radical (unpaired) electrons. The molecular formula is C15H13N5O5. The first-order chi connectivity index (χ1) is 12.0. The number of hydrogen-bond donors (Lipinski definition) is 2. The second-order valence-corrected chi connectivity index (χ2v) is 5.22. The van der Waals surface area contributed by atoms with Crippen molar-refractivity contribution in [1.29, 1.82) is 0 Å². The third kappa shape index (κ3) is 3.23. The second-order valence-electron chi connectivity index (χ2n) is 5.22. The number of nitro groups is 2. The largest absolute Gasteiger partial charge is 0.387 e. The fourth-order valence-corrected chi connectivity index (χ4v) is 2.41. The number of non-ortho nitro benzene ring substituents is 1. The van der Waals surface area contributed by atoms with Crippen LogP contribution < -0.4 is 5.32 Å². The average Bonchev–Trinajstić information content (AvgIpc) is 2.98. The van der Waals surface area contributed by atoms with E-state index in [-0.39, 0.29) is 23.9 Å². The Balaban J connectivity index is 1.79. The van der Waals surface area contributed by atoms with Crippen LogP contribution in [0.4, 0.5) is 17.3 Å². The van der Waals surface area contributed by atoms with Gasteiger partial charge in [-0.25, -0.2) is 0 Å². The van der Waals surface area contributed by atoms with Gasteiger partial charge in [0.05, 0.1) is 17.2 Å². The number of aliphatic hydroxyl groups is 1. The number of hydrogen-bond acceptors (Lipinski definition) is 7. The van der Waals surface area contributed by atoms with Gasteiger partial charge in [0.1, 0.15) is 0 Å². The minimum Gasteiger partial charge on any atom is -0.387 e. The number of rotatable bonds is 6. The van der Waals surface area contributed by atoms with E-state index in [1.807, 2.05) is 0 Å². The summed E-state index contributed by atoms with van der Waals surface area (Å²) in [6.07, 6.45) is 0.517. The Bertz CT molecular complexity index is 937. The van der Waals surface area contributed by atoms with Crippen molar-refractivity contribution < 1.29 is 15.0 Å². The number of benzene rings is 1. The lowest BCUT2D eigenvalue weighted by Crippen LogP contribution is -2.13. The van der Waals surface area contributed by atoms with E-state index in [1.165, 1.54) is 34.9 Å². The van der Waals surface area contributed by atoms with Crippen LogP contribution in [0.1, 0.15) is 11.7 Å². The first-order valence-corrected chi connectivity index (χ1v) is 7.25. The quantitative estimate of drug-likeness (QED) is 0.517. The number of imidazole rings is 1. The molecule has 3 aromatic rings. The van der Waals surface area contributed by atoms with Gasteiger partial charge < -0.3 is 20.5 Å². The maximum absolute atomic E-state index is 11.3. The molecule has 1 aromatic carbocycles. The number of pyridine rings is 1. The molecule has 0 amide bonds. The molecule has 128 valence electrons. The van der Waals surface area contributed by atoms with E-state index in [0.29, 0.717) is 11.2 Å². The van der Waals surface area contributed by atoms with Gasteiger partial charge in [-0.05, 0) is 28.7 Å².